The first-order valence-electron chi connectivity index (χ1n) is 10.2. The van der Waals surface area contributed by atoms with E-state index in [0.717, 1.165) is 19.5 Å². The van der Waals surface area contributed by atoms with Crippen molar-refractivity contribution in [1.82, 2.24) is 4.90 Å². The summed E-state index contributed by atoms with van der Waals surface area (Å²) in [5.74, 6) is 0.989. The summed E-state index contributed by atoms with van der Waals surface area (Å²) in [5.41, 5.74) is 2.82. The predicted octanol–water partition coefficient (Wildman–Crippen LogP) is 4.24. The van der Waals surface area contributed by atoms with Gasteiger partial charge in [-0.15, -0.1) is 0 Å². The predicted molar refractivity (Wildman–Crippen MR) is 104 cm³/mol. The first-order chi connectivity index (χ1) is 12.1. The largest absolute Gasteiger partial charge is 0.390 e. The fourth-order valence-electron chi connectivity index (χ4n) is 5.37. The number of hydrogen-bond acceptors (Lipinski definition) is 2. The molecule has 1 amide bonds. The lowest BCUT2D eigenvalue weighted by Crippen LogP contribution is -2.49. The van der Waals surface area contributed by atoms with Gasteiger partial charge in [-0.3, -0.25) is 4.79 Å². The molecule has 0 aromatic heterocycles. The molecule has 4 rings (SSSR count). The highest BCUT2D eigenvalue weighted by molar-refractivity contribution is 5.80. The van der Waals surface area contributed by atoms with Crippen molar-refractivity contribution in [3.63, 3.8) is 0 Å². The van der Waals surface area contributed by atoms with E-state index in [-0.39, 0.29) is 17.2 Å². The van der Waals surface area contributed by atoms with E-state index < -0.39 is 5.60 Å². The van der Waals surface area contributed by atoms with Crippen molar-refractivity contribution < 1.29 is 9.90 Å². The van der Waals surface area contributed by atoms with Crippen LogP contribution in [0.3, 0.4) is 0 Å². The standard InChI is InChI=1S/C23H33NO2/c1-21(2,3)19-7-5-6-16(10-19)17-13-23(14-17)8-9-24(15-23)20(25)18-11-22(4,26)12-18/h5-7,10,17-18,26H,8-9,11-15H2,1-4H3. The van der Waals surface area contributed by atoms with E-state index in [4.69, 9.17) is 0 Å². The number of aliphatic hydroxyl groups is 1. The van der Waals surface area contributed by atoms with Crippen molar-refractivity contribution in [2.75, 3.05) is 13.1 Å². The second kappa shape index (κ2) is 5.82. The summed E-state index contributed by atoms with van der Waals surface area (Å²) in [4.78, 5) is 14.7. The fraction of sp³-hybridized carbons (Fsp3) is 0.696. The highest BCUT2D eigenvalue weighted by Crippen LogP contribution is 2.56. The Labute approximate surface area is 157 Å². The summed E-state index contributed by atoms with van der Waals surface area (Å²) < 4.78 is 0. The van der Waals surface area contributed by atoms with Crippen LogP contribution in [0, 0.1) is 11.3 Å². The quantitative estimate of drug-likeness (QED) is 0.862. The average molecular weight is 356 g/mol. The van der Waals surface area contributed by atoms with Gasteiger partial charge in [0, 0.05) is 19.0 Å². The number of hydrogen-bond donors (Lipinski definition) is 1. The van der Waals surface area contributed by atoms with Crippen molar-refractivity contribution in [2.45, 2.75) is 76.7 Å². The lowest BCUT2D eigenvalue weighted by Gasteiger charge is -2.46. The number of carbonyl (C=O) groups is 1. The van der Waals surface area contributed by atoms with Gasteiger partial charge in [-0.25, -0.2) is 0 Å². The Balaban J connectivity index is 1.36. The molecule has 1 saturated heterocycles. The molecule has 3 heteroatoms. The Hall–Kier alpha value is -1.35. The minimum absolute atomic E-state index is 0.0551. The zero-order valence-electron chi connectivity index (χ0n) is 16.7. The van der Waals surface area contributed by atoms with Gasteiger partial charge in [0.15, 0.2) is 0 Å². The van der Waals surface area contributed by atoms with Crippen molar-refractivity contribution in [3.05, 3.63) is 35.4 Å². The third kappa shape index (κ3) is 3.19. The zero-order chi connectivity index (χ0) is 18.7. The molecule has 2 aliphatic carbocycles. The van der Waals surface area contributed by atoms with Crippen LogP contribution < -0.4 is 0 Å². The van der Waals surface area contributed by atoms with E-state index in [9.17, 15) is 9.90 Å². The molecule has 0 atom stereocenters. The van der Waals surface area contributed by atoms with Gasteiger partial charge in [0.2, 0.25) is 5.91 Å². The Morgan fingerprint density at radius 2 is 1.88 bits per heavy atom. The Kier molecular flexibility index (Phi) is 4.04. The van der Waals surface area contributed by atoms with Crippen LogP contribution in [0.2, 0.25) is 0 Å². The minimum atomic E-state index is -0.614. The van der Waals surface area contributed by atoms with Crippen molar-refractivity contribution in [2.24, 2.45) is 11.3 Å². The van der Waals surface area contributed by atoms with Crippen LogP contribution in [0.25, 0.3) is 0 Å². The lowest BCUT2D eigenvalue weighted by atomic mass is 9.59. The molecule has 0 radical (unpaired) electrons. The van der Waals surface area contributed by atoms with Crippen LogP contribution in [0.5, 0.6) is 0 Å². The Morgan fingerprint density at radius 1 is 1.19 bits per heavy atom. The van der Waals surface area contributed by atoms with Crippen LogP contribution in [-0.4, -0.2) is 34.6 Å². The third-order valence-corrected chi connectivity index (χ3v) is 7.05. The molecule has 1 aromatic carbocycles. The van der Waals surface area contributed by atoms with Gasteiger partial charge < -0.3 is 10.0 Å². The molecular formula is C23H33NO2. The van der Waals surface area contributed by atoms with E-state index in [2.05, 4.69) is 49.9 Å². The van der Waals surface area contributed by atoms with E-state index >= 15 is 0 Å². The number of carbonyl (C=O) groups excluding carboxylic acids is 1. The monoisotopic (exact) mass is 355 g/mol. The Morgan fingerprint density at radius 3 is 2.50 bits per heavy atom. The minimum Gasteiger partial charge on any atom is -0.390 e. The third-order valence-electron chi connectivity index (χ3n) is 7.05. The number of likely N-dealkylation sites (tertiary alicyclic amines) is 1. The van der Waals surface area contributed by atoms with Crippen LogP contribution in [0.4, 0.5) is 0 Å². The van der Waals surface area contributed by atoms with E-state index in [1.165, 1.54) is 24.0 Å². The summed E-state index contributed by atoms with van der Waals surface area (Å²) in [7, 11) is 0. The van der Waals surface area contributed by atoms with Crippen LogP contribution in [0.15, 0.2) is 24.3 Å². The highest BCUT2D eigenvalue weighted by atomic mass is 16.3. The fourth-order valence-corrected chi connectivity index (χ4v) is 5.37. The summed E-state index contributed by atoms with van der Waals surface area (Å²) >= 11 is 0. The molecule has 1 aliphatic heterocycles. The highest BCUT2D eigenvalue weighted by Gasteiger charge is 2.52. The SMILES string of the molecule is CC1(O)CC(C(=O)N2CCC3(CC(c4cccc(C(C)(C)C)c4)C3)C2)C1. The normalized spacial score (nSPS) is 36.7. The molecule has 26 heavy (non-hydrogen) atoms. The van der Waals surface area contributed by atoms with Gasteiger partial charge in [-0.1, -0.05) is 45.0 Å². The number of amides is 1. The van der Waals surface area contributed by atoms with Crippen molar-refractivity contribution in [1.29, 1.82) is 0 Å². The topological polar surface area (TPSA) is 40.5 Å². The molecule has 1 aromatic rings. The number of rotatable bonds is 2. The average Bonchev–Trinajstić information content (AvgIpc) is 2.95. The molecule has 1 N–H and O–H groups in total. The Bertz CT molecular complexity index is 701. The summed E-state index contributed by atoms with van der Waals surface area (Å²) in [6.45, 7) is 10.5. The molecular weight excluding hydrogens is 322 g/mol. The first kappa shape index (κ1) is 18.0. The molecule has 0 unspecified atom stereocenters. The lowest BCUT2D eigenvalue weighted by molar-refractivity contribution is -0.149. The maximum absolute atomic E-state index is 12.7. The molecule has 2 saturated carbocycles. The van der Waals surface area contributed by atoms with Gasteiger partial charge >= 0.3 is 0 Å². The second-order valence-electron chi connectivity index (χ2n) is 10.6. The van der Waals surface area contributed by atoms with Gasteiger partial charge in [0.25, 0.3) is 0 Å². The molecule has 3 nitrogen and oxygen atoms in total. The molecule has 3 aliphatic rings. The van der Waals surface area contributed by atoms with Crippen molar-refractivity contribution >= 4 is 5.91 Å². The molecule has 1 spiro atoms. The number of benzene rings is 1. The maximum Gasteiger partial charge on any atom is 0.225 e. The van der Waals surface area contributed by atoms with Crippen LogP contribution in [-0.2, 0) is 10.2 Å². The second-order valence-corrected chi connectivity index (χ2v) is 10.6. The smallest absolute Gasteiger partial charge is 0.225 e. The molecule has 142 valence electrons. The molecule has 1 heterocycles. The van der Waals surface area contributed by atoms with Crippen LogP contribution in [0.1, 0.15) is 76.8 Å². The van der Waals surface area contributed by atoms with Crippen molar-refractivity contribution in [3.8, 4) is 0 Å². The van der Waals surface area contributed by atoms with Crippen LogP contribution >= 0.6 is 0 Å². The number of nitrogens with zero attached hydrogens (tertiary/aromatic N) is 1. The van der Waals surface area contributed by atoms with E-state index in [0.29, 0.717) is 24.2 Å². The summed E-state index contributed by atoms with van der Waals surface area (Å²) in [6.07, 6.45) is 4.85. The van der Waals surface area contributed by atoms with E-state index in [1.54, 1.807) is 0 Å². The summed E-state index contributed by atoms with van der Waals surface area (Å²) in [6, 6.07) is 9.11. The van der Waals surface area contributed by atoms with Gasteiger partial charge in [-0.2, -0.15) is 0 Å². The van der Waals surface area contributed by atoms with Gasteiger partial charge in [0.05, 0.1) is 5.60 Å². The molecule has 0 bridgehead atoms. The van der Waals surface area contributed by atoms with E-state index in [1.807, 2.05) is 6.92 Å². The zero-order valence-corrected chi connectivity index (χ0v) is 16.7. The van der Waals surface area contributed by atoms with Gasteiger partial charge in [-0.05, 0) is 66.9 Å². The molecule has 3 fully saturated rings. The summed E-state index contributed by atoms with van der Waals surface area (Å²) in [5, 5.41) is 9.90. The maximum atomic E-state index is 12.7. The first-order valence-corrected chi connectivity index (χ1v) is 10.2. The van der Waals surface area contributed by atoms with Gasteiger partial charge in [0.1, 0.15) is 0 Å².